The van der Waals surface area contributed by atoms with E-state index in [9.17, 15) is 9.70 Å². The van der Waals surface area contributed by atoms with Crippen molar-refractivity contribution in [2.24, 2.45) is 5.18 Å². The first-order chi connectivity index (χ1) is 7.24. The molecule has 2 rings (SSSR count). The van der Waals surface area contributed by atoms with Crippen molar-refractivity contribution in [1.29, 1.82) is 0 Å². The van der Waals surface area contributed by atoms with Crippen molar-refractivity contribution >= 4 is 17.0 Å². The summed E-state index contributed by atoms with van der Waals surface area (Å²) in [5.74, 6) is -0.00736. The number of aryl methyl sites for hydroxylation is 1. The zero-order chi connectivity index (χ0) is 10.8. The Morgan fingerprint density at radius 2 is 2.20 bits per heavy atom. The van der Waals surface area contributed by atoms with Crippen molar-refractivity contribution in [3.8, 4) is 0 Å². The van der Waals surface area contributed by atoms with Crippen molar-refractivity contribution in [2.45, 2.75) is 19.8 Å². The summed E-state index contributed by atoms with van der Waals surface area (Å²) >= 11 is 0. The normalized spacial score (nSPS) is 14.1. The van der Waals surface area contributed by atoms with Gasteiger partial charge in [0, 0.05) is 11.1 Å². The van der Waals surface area contributed by atoms with Crippen LogP contribution in [0.15, 0.2) is 29.5 Å². The molecule has 0 aromatic heterocycles. The molecule has 1 aliphatic carbocycles. The van der Waals surface area contributed by atoms with Gasteiger partial charge in [0.25, 0.3) is 0 Å². The molecule has 0 aliphatic heterocycles. The van der Waals surface area contributed by atoms with Gasteiger partial charge in [0.1, 0.15) is 5.69 Å². The lowest BCUT2D eigenvalue weighted by molar-refractivity contribution is -0.111. The zero-order valence-electron chi connectivity index (χ0n) is 8.49. The Morgan fingerprint density at radius 3 is 2.87 bits per heavy atom. The molecular formula is C12H11NO2. The van der Waals surface area contributed by atoms with E-state index < -0.39 is 0 Å². The summed E-state index contributed by atoms with van der Waals surface area (Å²) in [6, 6.07) is 5.40. The molecule has 1 aromatic carbocycles. The average Bonchev–Trinajstić information content (AvgIpc) is 2.27. The highest BCUT2D eigenvalue weighted by Gasteiger charge is 2.19. The van der Waals surface area contributed by atoms with E-state index >= 15 is 0 Å². The summed E-state index contributed by atoms with van der Waals surface area (Å²) in [5, 5.41) is 2.97. The third-order valence-corrected chi connectivity index (χ3v) is 2.64. The first-order valence-corrected chi connectivity index (χ1v) is 4.90. The van der Waals surface area contributed by atoms with Crippen molar-refractivity contribution in [3.63, 3.8) is 0 Å². The number of allylic oxidation sites excluding steroid dienone is 2. The van der Waals surface area contributed by atoms with Crippen LogP contribution in [0.4, 0.5) is 5.69 Å². The molecule has 0 saturated heterocycles. The lowest BCUT2D eigenvalue weighted by atomic mass is 9.88. The van der Waals surface area contributed by atoms with E-state index in [1.54, 1.807) is 12.1 Å². The van der Waals surface area contributed by atoms with Gasteiger partial charge in [-0.15, -0.1) is 4.91 Å². The first-order valence-electron chi connectivity index (χ1n) is 4.90. The molecule has 76 valence electrons. The van der Waals surface area contributed by atoms with Gasteiger partial charge in [-0.3, -0.25) is 4.79 Å². The van der Waals surface area contributed by atoms with Crippen LogP contribution in [-0.4, -0.2) is 5.78 Å². The second-order valence-corrected chi connectivity index (χ2v) is 3.62. The van der Waals surface area contributed by atoms with Gasteiger partial charge in [0.05, 0.1) is 0 Å². The van der Waals surface area contributed by atoms with Gasteiger partial charge < -0.3 is 0 Å². The van der Waals surface area contributed by atoms with Crippen LogP contribution in [0.25, 0.3) is 5.57 Å². The van der Waals surface area contributed by atoms with Crippen LogP contribution in [-0.2, 0) is 11.2 Å². The van der Waals surface area contributed by atoms with Gasteiger partial charge in [-0.05, 0) is 36.6 Å². The van der Waals surface area contributed by atoms with Crippen molar-refractivity contribution in [2.75, 3.05) is 0 Å². The molecule has 1 aromatic rings. The minimum atomic E-state index is -0.00736. The van der Waals surface area contributed by atoms with Crippen LogP contribution in [0.1, 0.15) is 24.5 Å². The van der Waals surface area contributed by atoms with Gasteiger partial charge in [0.2, 0.25) is 0 Å². The monoisotopic (exact) mass is 201 g/mol. The number of hydrogen-bond donors (Lipinski definition) is 0. The number of nitrogens with zero attached hydrogens (tertiary/aromatic N) is 1. The Labute approximate surface area is 87.8 Å². The Bertz CT molecular complexity index is 461. The van der Waals surface area contributed by atoms with Crippen molar-refractivity contribution < 1.29 is 4.79 Å². The van der Waals surface area contributed by atoms with E-state index in [1.165, 1.54) is 6.92 Å². The molecule has 0 unspecified atom stereocenters. The van der Waals surface area contributed by atoms with E-state index in [0.29, 0.717) is 11.3 Å². The number of ketones is 1. The van der Waals surface area contributed by atoms with Crippen LogP contribution in [0.3, 0.4) is 0 Å². The molecule has 0 radical (unpaired) electrons. The molecule has 0 bridgehead atoms. The fourth-order valence-corrected chi connectivity index (χ4v) is 1.98. The largest absolute Gasteiger partial charge is 0.294 e. The predicted molar refractivity (Wildman–Crippen MR) is 58.9 cm³/mol. The first kappa shape index (κ1) is 9.77. The number of nitroso groups, excluding NO2 is 1. The number of Topliss-reactive ketones (excluding diaryl/α,β-unsaturated/α-hetero) is 1. The van der Waals surface area contributed by atoms with Crippen LogP contribution in [0.5, 0.6) is 0 Å². The Balaban J connectivity index is 2.66. The molecule has 1 aliphatic rings. The summed E-state index contributed by atoms with van der Waals surface area (Å²) in [7, 11) is 0. The van der Waals surface area contributed by atoms with Gasteiger partial charge in [-0.1, -0.05) is 18.2 Å². The fourth-order valence-electron chi connectivity index (χ4n) is 1.98. The molecule has 3 nitrogen and oxygen atoms in total. The summed E-state index contributed by atoms with van der Waals surface area (Å²) in [5.41, 5.74) is 2.77. The fraction of sp³-hybridized carbons (Fsp3) is 0.250. The second kappa shape index (κ2) is 3.77. The van der Waals surface area contributed by atoms with E-state index in [4.69, 9.17) is 0 Å². The van der Waals surface area contributed by atoms with Crippen molar-refractivity contribution in [3.05, 3.63) is 40.3 Å². The third kappa shape index (κ3) is 1.61. The maximum absolute atomic E-state index is 11.4. The molecule has 0 heterocycles. The minimum absolute atomic E-state index is 0.00736. The third-order valence-electron chi connectivity index (χ3n) is 2.64. The highest BCUT2D eigenvalue weighted by atomic mass is 16.3. The van der Waals surface area contributed by atoms with E-state index in [-0.39, 0.29) is 5.78 Å². The van der Waals surface area contributed by atoms with Gasteiger partial charge in [-0.25, -0.2) is 0 Å². The lowest BCUT2D eigenvalue weighted by Crippen LogP contribution is -2.05. The Kier molecular flexibility index (Phi) is 2.46. The molecule has 0 fully saturated rings. The van der Waals surface area contributed by atoms with Crippen LogP contribution < -0.4 is 0 Å². The number of benzene rings is 1. The summed E-state index contributed by atoms with van der Waals surface area (Å²) in [6.45, 7) is 1.52. The molecular weight excluding hydrogens is 190 g/mol. The SMILES string of the molecule is CC(=O)C1=CCCc2cccc(N=O)c21. The van der Waals surface area contributed by atoms with E-state index in [1.807, 2.05) is 12.1 Å². The summed E-state index contributed by atoms with van der Waals surface area (Å²) in [6.07, 6.45) is 3.61. The van der Waals surface area contributed by atoms with Gasteiger partial charge in [-0.2, -0.15) is 0 Å². The summed E-state index contributed by atoms with van der Waals surface area (Å²) in [4.78, 5) is 22.1. The second-order valence-electron chi connectivity index (χ2n) is 3.62. The quantitative estimate of drug-likeness (QED) is 0.690. The molecule has 15 heavy (non-hydrogen) atoms. The Morgan fingerprint density at radius 1 is 1.40 bits per heavy atom. The van der Waals surface area contributed by atoms with Crippen LogP contribution in [0, 0.1) is 4.91 Å². The number of rotatable bonds is 2. The maximum atomic E-state index is 11.4. The topological polar surface area (TPSA) is 46.5 Å². The highest BCUT2D eigenvalue weighted by Crippen LogP contribution is 2.34. The maximum Gasteiger partial charge on any atom is 0.160 e. The molecule has 3 heteroatoms. The molecule has 0 amide bonds. The lowest BCUT2D eigenvalue weighted by Gasteiger charge is -2.16. The Hall–Kier alpha value is -1.77. The standard InChI is InChI=1S/C12H11NO2/c1-8(14)10-6-2-4-9-5-3-7-11(13-15)12(9)10/h3,5-7H,2,4H2,1H3. The minimum Gasteiger partial charge on any atom is -0.294 e. The van der Waals surface area contributed by atoms with Crippen molar-refractivity contribution in [1.82, 2.24) is 0 Å². The van der Waals surface area contributed by atoms with Crippen LogP contribution in [0.2, 0.25) is 0 Å². The van der Waals surface area contributed by atoms with E-state index in [0.717, 1.165) is 24.0 Å². The molecule has 0 N–H and O–H groups in total. The number of fused-ring (bicyclic) bond motifs is 1. The van der Waals surface area contributed by atoms with Gasteiger partial charge in [0.15, 0.2) is 5.78 Å². The average molecular weight is 201 g/mol. The zero-order valence-corrected chi connectivity index (χ0v) is 8.49. The number of hydrogen-bond acceptors (Lipinski definition) is 3. The van der Waals surface area contributed by atoms with Gasteiger partial charge >= 0.3 is 0 Å². The molecule has 0 atom stereocenters. The van der Waals surface area contributed by atoms with Crippen LogP contribution >= 0.6 is 0 Å². The van der Waals surface area contributed by atoms with E-state index in [2.05, 4.69) is 5.18 Å². The molecule has 0 spiro atoms. The highest BCUT2D eigenvalue weighted by molar-refractivity contribution is 6.21. The number of carbonyl (C=O) groups is 1. The number of carbonyl (C=O) groups excluding carboxylic acids is 1. The smallest absolute Gasteiger partial charge is 0.160 e. The molecule has 0 saturated carbocycles. The summed E-state index contributed by atoms with van der Waals surface area (Å²) < 4.78 is 0. The predicted octanol–water partition coefficient (Wildman–Crippen LogP) is 3.00.